The van der Waals surface area contributed by atoms with Crippen molar-refractivity contribution in [1.29, 1.82) is 0 Å². The van der Waals surface area contributed by atoms with Crippen molar-refractivity contribution in [3.05, 3.63) is 28.8 Å². The number of amides is 1. The fourth-order valence-corrected chi connectivity index (χ4v) is 2.21. The lowest BCUT2D eigenvalue weighted by Crippen LogP contribution is -2.23. The van der Waals surface area contributed by atoms with Gasteiger partial charge in [-0.1, -0.05) is 18.5 Å². The van der Waals surface area contributed by atoms with Crippen LogP contribution in [0.25, 0.3) is 0 Å². The van der Waals surface area contributed by atoms with Crippen molar-refractivity contribution in [3.63, 3.8) is 0 Å². The second kappa shape index (κ2) is 6.66. The fraction of sp³-hybridized carbons (Fsp3) is 0.333. The van der Waals surface area contributed by atoms with E-state index in [4.69, 9.17) is 16.7 Å². The average Bonchev–Trinajstić information content (AvgIpc) is 2.31. The second-order valence-electron chi connectivity index (χ2n) is 3.84. The van der Waals surface area contributed by atoms with Crippen LogP contribution in [0, 0.1) is 5.92 Å². The Morgan fingerprint density at radius 3 is 2.72 bits per heavy atom. The first kappa shape index (κ1) is 14.9. The molecule has 4 nitrogen and oxygen atoms in total. The smallest absolute Gasteiger partial charge is 0.337 e. The monoisotopic (exact) mass is 287 g/mol. The number of aromatic carboxylic acids is 1. The summed E-state index contributed by atoms with van der Waals surface area (Å²) >= 11 is 7.29. The van der Waals surface area contributed by atoms with Crippen LogP contribution in [0.5, 0.6) is 0 Å². The van der Waals surface area contributed by atoms with Gasteiger partial charge in [0.25, 0.3) is 0 Å². The molecule has 2 N–H and O–H groups in total. The van der Waals surface area contributed by atoms with Crippen molar-refractivity contribution in [2.45, 2.75) is 6.92 Å². The Morgan fingerprint density at radius 1 is 1.50 bits per heavy atom. The molecule has 1 unspecified atom stereocenters. The van der Waals surface area contributed by atoms with Crippen LogP contribution in [-0.4, -0.2) is 29.0 Å². The van der Waals surface area contributed by atoms with E-state index in [2.05, 4.69) is 5.32 Å². The molecule has 0 bridgehead atoms. The predicted octanol–water partition coefficient (Wildman–Crippen LogP) is 2.98. The molecule has 0 saturated carbocycles. The lowest BCUT2D eigenvalue weighted by atomic mass is 10.1. The fourth-order valence-electron chi connectivity index (χ4n) is 1.38. The van der Waals surface area contributed by atoms with Crippen LogP contribution in [0.15, 0.2) is 18.2 Å². The molecule has 18 heavy (non-hydrogen) atoms. The summed E-state index contributed by atoms with van der Waals surface area (Å²) in [5.41, 5.74) is 0.261. The first-order chi connectivity index (χ1) is 8.45. The summed E-state index contributed by atoms with van der Waals surface area (Å²) < 4.78 is 0. The number of carboxylic acid groups (broad SMARTS) is 1. The summed E-state index contributed by atoms with van der Waals surface area (Å²) in [6.07, 6.45) is 1.91. The largest absolute Gasteiger partial charge is 0.478 e. The highest BCUT2D eigenvalue weighted by molar-refractivity contribution is 7.98. The highest BCUT2D eigenvalue weighted by Gasteiger charge is 2.16. The van der Waals surface area contributed by atoms with Gasteiger partial charge in [-0.2, -0.15) is 11.8 Å². The van der Waals surface area contributed by atoms with Crippen LogP contribution in [0.2, 0.25) is 5.02 Å². The molecule has 98 valence electrons. The van der Waals surface area contributed by atoms with Gasteiger partial charge in [0.05, 0.1) is 11.3 Å². The third-order valence-electron chi connectivity index (χ3n) is 2.33. The maximum atomic E-state index is 11.8. The van der Waals surface area contributed by atoms with Crippen molar-refractivity contribution < 1.29 is 14.7 Å². The van der Waals surface area contributed by atoms with Gasteiger partial charge in [0.1, 0.15) is 0 Å². The van der Waals surface area contributed by atoms with Crippen LogP contribution < -0.4 is 5.32 Å². The first-order valence-corrected chi connectivity index (χ1v) is 7.05. The van der Waals surface area contributed by atoms with E-state index in [0.717, 1.165) is 0 Å². The van der Waals surface area contributed by atoms with E-state index >= 15 is 0 Å². The summed E-state index contributed by atoms with van der Waals surface area (Å²) in [4.78, 5) is 22.8. The Labute approximate surface area is 115 Å². The van der Waals surface area contributed by atoms with Crippen LogP contribution in [0.4, 0.5) is 5.69 Å². The Hall–Kier alpha value is -1.20. The van der Waals surface area contributed by atoms with Crippen LogP contribution in [0.1, 0.15) is 17.3 Å². The van der Waals surface area contributed by atoms with Gasteiger partial charge < -0.3 is 10.4 Å². The lowest BCUT2D eigenvalue weighted by molar-refractivity contribution is -0.118. The van der Waals surface area contributed by atoms with E-state index in [9.17, 15) is 9.59 Å². The molecule has 0 radical (unpaired) electrons. The number of halogens is 1. The molecule has 1 aromatic rings. The van der Waals surface area contributed by atoms with Gasteiger partial charge in [-0.3, -0.25) is 4.79 Å². The maximum Gasteiger partial charge on any atom is 0.337 e. The van der Waals surface area contributed by atoms with E-state index < -0.39 is 5.97 Å². The second-order valence-corrected chi connectivity index (χ2v) is 5.19. The number of carboxylic acids is 1. The van der Waals surface area contributed by atoms with Crippen molar-refractivity contribution in [2.24, 2.45) is 5.92 Å². The standard InChI is InChI=1S/C12H14ClNO3S/c1-7(6-18-2)11(15)14-10-4-3-8(13)5-9(10)12(16)17/h3-5,7H,6H2,1-2H3,(H,14,15)(H,16,17). The summed E-state index contributed by atoms with van der Waals surface area (Å²) in [7, 11) is 0. The van der Waals surface area contributed by atoms with E-state index in [-0.39, 0.29) is 23.1 Å². The summed E-state index contributed by atoms with van der Waals surface area (Å²) in [6, 6.07) is 4.36. The van der Waals surface area contributed by atoms with Crippen molar-refractivity contribution in [1.82, 2.24) is 0 Å². The number of thioether (sulfide) groups is 1. The highest BCUT2D eigenvalue weighted by atomic mass is 35.5. The SMILES string of the molecule is CSCC(C)C(=O)Nc1ccc(Cl)cc1C(=O)O. The van der Waals surface area contributed by atoms with Crippen LogP contribution in [-0.2, 0) is 4.79 Å². The molecule has 0 aliphatic rings. The molecule has 0 aliphatic carbocycles. The molecule has 0 heterocycles. The number of hydrogen-bond donors (Lipinski definition) is 2. The van der Waals surface area contributed by atoms with Crippen LogP contribution in [0.3, 0.4) is 0 Å². The Balaban J connectivity index is 2.90. The molecule has 1 atom stereocenters. The number of anilines is 1. The molecule has 1 amide bonds. The lowest BCUT2D eigenvalue weighted by Gasteiger charge is -2.12. The Bertz CT molecular complexity index is 465. The van der Waals surface area contributed by atoms with E-state index in [1.165, 1.54) is 12.1 Å². The van der Waals surface area contributed by atoms with Gasteiger partial charge in [-0.25, -0.2) is 4.79 Å². The highest BCUT2D eigenvalue weighted by Crippen LogP contribution is 2.21. The maximum absolute atomic E-state index is 11.8. The van der Waals surface area contributed by atoms with E-state index in [1.807, 2.05) is 6.26 Å². The number of carbonyl (C=O) groups excluding carboxylic acids is 1. The van der Waals surface area contributed by atoms with Gasteiger partial charge in [0.2, 0.25) is 5.91 Å². The number of nitrogens with one attached hydrogen (secondary N) is 1. The molecule has 1 rings (SSSR count). The number of carbonyl (C=O) groups is 2. The zero-order valence-corrected chi connectivity index (χ0v) is 11.6. The zero-order chi connectivity index (χ0) is 13.7. The van der Waals surface area contributed by atoms with Crippen LogP contribution >= 0.6 is 23.4 Å². The van der Waals surface area contributed by atoms with Gasteiger partial charge >= 0.3 is 5.97 Å². The number of rotatable bonds is 5. The Kier molecular flexibility index (Phi) is 5.50. The van der Waals surface area contributed by atoms with Crippen molar-refractivity contribution >= 4 is 40.9 Å². The first-order valence-electron chi connectivity index (χ1n) is 5.28. The van der Waals surface area contributed by atoms with E-state index in [0.29, 0.717) is 10.8 Å². The minimum absolute atomic E-state index is 0.00722. The molecular weight excluding hydrogens is 274 g/mol. The summed E-state index contributed by atoms with van der Waals surface area (Å²) in [5, 5.41) is 12.0. The summed E-state index contributed by atoms with van der Waals surface area (Å²) in [5.74, 6) is -0.821. The normalized spacial score (nSPS) is 11.9. The van der Waals surface area contributed by atoms with Gasteiger partial charge in [0, 0.05) is 16.7 Å². The van der Waals surface area contributed by atoms with E-state index in [1.54, 1.807) is 24.8 Å². The third kappa shape index (κ3) is 3.92. The quantitative estimate of drug-likeness (QED) is 0.874. The Morgan fingerprint density at radius 2 is 2.17 bits per heavy atom. The third-order valence-corrected chi connectivity index (χ3v) is 3.40. The topological polar surface area (TPSA) is 66.4 Å². The van der Waals surface area contributed by atoms with Gasteiger partial charge in [0.15, 0.2) is 0 Å². The summed E-state index contributed by atoms with van der Waals surface area (Å²) in [6.45, 7) is 1.79. The number of benzene rings is 1. The van der Waals surface area contributed by atoms with Gasteiger partial charge in [-0.05, 0) is 24.5 Å². The number of hydrogen-bond acceptors (Lipinski definition) is 3. The molecule has 1 aromatic carbocycles. The van der Waals surface area contributed by atoms with Crippen molar-refractivity contribution in [2.75, 3.05) is 17.3 Å². The molecule has 0 aromatic heterocycles. The molecular formula is C12H14ClNO3S. The molecule has 0 spiro atoms. The average molecular weight is 288 g/mol. The minimum Gasteiger partial charge on any atom is -0.478 e. The predicted molar refractivity (Wildman–Crippen MR) is 74.6 cm³/mol. The van der Waals surface area contributed by atoms with Crippen molar-refractivity contribution in [3.8, 4) is 0 Å². The molecule has 0 aliphatic heterocycles. The molecule has 0 saturated heterocycles. The molecule has 0 fully saturated rings. The zero-order valence-electron chi connectivity index (χ0n) is 10.1. The molecule has 6 heteroatoms. The minimum atomic E-state index is -1.12. The van der Waals surface area contributed by atoms with Gasteiger partial charge in [-0.15, -0.1) is 0 Å².